The van der Waals surface area contributed by atoms with Crippen LogP contribution in [0.2, 0.25) is 0 Å². The Hall–Kier alpha value is -2.41. The smallest absolute Gasteiger partial charge is 0.283 e. The van der Waals surface area contributed by atoms with Crippen molar-refractivity contribution in [3.63, 3.8) is 0 Å². The molecule has 2 heterocycles. The first-order chi connectivity index (χ1) is 9.60. The van der Waals surface area contributed by atoms with E-state index in [0.717, 1.165) is 0 Å². The van der Waals surface area contributed by atoms with Gasteiger partial charge < -0.3 is 4.74 Å². The normalized spacial score (nSPS) is 10.6. The fourth-order valence-electron chi connectivity index (χ4n) is 1.60. The Balaban J connectivity index is 2.01. The van der Waals surface area contributed by atoms with Gasteiger partial charge in [-0.05, 0) is 26.0 Å². The summed E-state index contributed by atoms with van der Waals surface area (Å²) in [4.78, 5) is 15.5. The van der Waals surface area contributed by atoms with Gasteiger partial charge in [0.15, 0.2) is 5.75 Å². The molecule has 0 saturated heterocycles. The van der Waals surface area contributed by atoms with E-state index in [1.165, 1.54) is 0 Å². The van der Waals surface area contributed by atoms with Crippen LogP contribution in [0, 0.1) is 0 Å². The highest BCUT2D eigenvalue weighted by atomic mass is 16.5. The minimum atomic E-state index is -0.431. The van der Waals surface area contributed by atoms with E-state index in [-0.39, 0.29) is 18.3 Å². The highest BCUT2D eigenvalue weighted by molar-refractivity contribution is 5.91. The van der Waals surface area contributed by atoms with Crippen LogP contribution >= 0.6 is 0 Å². The Morgan fingerprint density at radius 3 is 2.95 bits per heavy atom. The molecule has 0 fully saturated rings. The lowest BCUT2D eigenvalue weighted by Gasteiger charge is -2.05. The van der Waals surface area contributed by atoms with Gasteiger partial charge in [-0.2, -0.15) is 5.10 Å². The first-order valence-corrected chi connectivity index (χ1v) is 6.24. The van der Waals surface area contributed by atoms with Gasteiger partial charge in [0.25, 0.3) is 5.91 Å². The van der Waals surface area contributed by atoms with E-state index in [9.17, 15) is 4.79 Å². The minimum Gasteiger partial charge on any atom is -0.484 e. The molecule has 0 saturated carbocycles. The van der Waals surface area contributed by atoms with Crippen molar-refractivity contribution in [1.29, 1.82) is 0 Å². The molecule has 0 aliphatic rings. The Kier molecular flexibility index (Phi) is 4.31. The Morgan fingerprint density at radius 2 is 2.30 bits per heavy atom. The second-order valence-electron chi connectivity index (χ2n) is 4.53. The second kappa shape index (κ2) is 6.16. The summed E-state index contributed by atoms with van der Waals surface area (Å²) in [6, 6.07) is 5.37. The lowest BCUT2D eigenvalue weighted by Crippen LogP contribution is -2.30. The van der Waals surface area contributed by atoms with Gasteiger partial charge in [-0.1, -0.05) is 6.07 Å². The largest absolute Gasteiger partial charge is 0.484 e. The summed E-state index contributed by atoms with van der Waals surface area (Å²) < 4.78 is 7.39. The van der Waals surface area contributed by atoms with E-state index < -0.39 is 5.91 Å². The van der Waals surface area contributed by atoms with Crippen molar-refractivity contribution in [2.24, 2.45) is 5.84 Å². The number of rotatable bonds is 5. The average Bonchev–Trinajstić information content (AvgIpc) is 2.93. The molecule has 106 valence electrons. The zero-order valence-corrected chi connectivity index (χ0v) is 11.4. The fraction of sp³-hybridized carbons (Fsp3) is 0.308. The maximum Gasteiger partial charge on any atom is 0.283 e. The van der Waals surface area contributed by atoms with E-state index in [1.807, 2.05) is 25.5 Å². The number of amides is 1. The quantitative estimate of drug-likeness (QED) is 0.483. The van der Waals surface area contributed by atoms with Crippen LogP contribution in [0.25, 0.3) is 0 Å². The first-order valence-electron chi connectivity index (χ1n) is 6.24. The number of carbonyl (C=O) groups excluding carboxylic acids is 1. The van der Waals surface area contributed by atoms with Crippen LogP contribution < -0.4 is 16.0 Å². The van der Waals surface area contributed by atoms with Crippen molar-refractivity contribution >= 4 is 5.91 Å². The number of hydrogen-bond acceptors (Lipinski definition) is 5. The predicted molar refractivity (Wildman–Crippen MR) is 72.8 cm³/mol. The summed E-state index contributed by atoms with van der Waals surface area (Å²) in [5.41, 5.74) is 2.94. The third-order valence-corrected chi connectivity index (χ3v) is 2.66. The number of ether oxygens (including phenoxy) is 1. The van der Waals surface area contributed by atoms with E-state index in [4.69, 9.17) is 10.6 Å². The first kappa shape index (κ1) is 14.0. The molecular weight excluding hydrogens is 258 g/mol. The van der Waals surface area contributed by atoms with E-state index in [1.54, 1.807) is 29.1 Å². The highest BCUT2D eigenvalue weighted by Gasteiger charge is 2.07. The summed E-state index contributed by atoms with van der Waals surface area (Å²) in [5, 5.41) is 4.18. The Labute approximate surface area is 116 Å². The van der Waals surface area contributed by atoms with Gasteiger partial charge in [-0.15, -0.1) is 0 Å². The lowest BCUT2D eigenvalue weighted by atomic mass is 10.3. The van der Waals surface area contributed by atoms with Crippen LogP contribution in [0.4, 0.5) is 0 Å². The molecular formula is C13H17N5O2. The van der Waals surface area contributed by atoms with Crippen molar-refractivity contribution < 1.29 is 9.53 Å². The number of nitrogens with two attached hydrogens (primary N) is 1. The summed E-state index contributed by atoms with van der Waals surface area (Å²) in [6.07, 6.45) is 3.47. The number of hydrazine groups is 1. The molecule has 2 rings (SSSR count). The number of pyridine rings is 1. The van der Waals surface area contributed by atoms with Gasteiger partial charge in [0.2, 0.25) is 0 Å². The van der Waals surface area contributed by atoms with Crippen molar-refractivity contribution in [2.75, 3.05) is 0 Å². The van der Waals surface area contributed by atoms with Crippen molar-refractivity contribution in [3.8, 4) is 5.75 Å². The highest BCUT2D eigenvalue weighted by Crippen LogP contribution is 2.14. The van der Waals surface area contributed by atoms with Crippen molar-refractivity contribution in [1.82, 2.24) is 20.2 Å². The Bertz CT molecular complexity index is 594. The van der Waals surface area contributed by atoms with E-state index in [0.29, 0.717) is 11.4 Å². The molecule has 2 aromatic heterocycles. The molecule has 0 atom stereocenters. The summed E-state index contributed by atoms with van der Waals surface area (Å²) in [5.74, 6) is 5.30. The van der Waals surface area contributed by atoms with Crippen LogP contribution in [0.5, 0.6) is 5.75 Å². The average molecular weight is 275 g/mol. The number of hydrogen-bond donors (Lipinski definition) is 2. The fourth-order valence-corrected chi connectivity index (χ4v) is 1.60. The molecule has 2 aromatic rings. The molecule has 3 N–H and O–H groups in total. The van der Waals surface area contributed by atoms with Gasteiger partial charge in [-0.3, -0.25) is 14.9 Å². The SMILES string of the molecule is CC(C)n1cc(OCc2cccc(C(=O)NN)n2)cn1. The number of nitrogens with one attached hydrogen (secondary N) is 1. The molecule has 0 unspecified atom stereocenters. The van der Waals surface area contributed by atoms with Gasteiger partial charge in [0.05, 0.1) is 18.1 Å². The van der Waals surface area contributed by atoms with Crippen LogP contribution in [-0.2, 0) is 6.61 Å². The second-order valence-corrected chi connectivity index (χ2v) is 4.53. The van der Waals surface area contributed by atoms with E-state index >= 15 is 0 Å². The summed E-state index contributed by atoms with van der Waals surface area (Å²) in [7, 11) is 0. The molecule has 0 aliphatic heterocycles. The minimum absolute atomic E-state index is 0.256. The van der Waals surface area contributed by atoms with Crippen LogP contribution in [-0.4, -0.2) is 20.7 Å². The molecule has 0 aromatic carbocycles. The van der Waals surface area contributed by atoms with Gasteiger partial charge in [0.1, 0.15) is 12.3 Å². The van der Waals surface area contributed by atoms with Crippen LogP contribution in [0.1, 0.15) is 36.1 Å². The number of nitrogens with zero attached hydrogens (tertiary/aromatic N) is 3. The molecule has 1 amide bonds. The van der Waals surface area contributed by atoms with Crippen LogP contribution in [0.3, 0.4) is 0 Å². The molecule has 0 spiro atoms. The molecule has 20 heavy (non-hydrogen) atoms. The third-order valence-electron chi connectivity index (χ3n) is 2.66. The summed E-state index contributed by atoms with van der Waals surface area (Å²) >= 11 is 0. The molecule has 0 radical (unpaired) electrons. The topological polar surface area (TPSA) is 95.1 Å². The van der Waals surface area contributed by atoms with Gasteiger partial charge >= 0.3 is 0 Å². The standard InChI is InChI=1S/C13H17N5O2/c1-9(2)18-7-11(6-15-18)20-8-10-4-3-5-12(16-10)13(19)17-14/h3-7,9H,8,14H2,1-2H3,(H,17,19). The van der Waals surface area contributed by atoms with Crippen LogP contribution in [0.15, 0.2) is 30.6 Å². The summed E-state index contributed by atoms with van der Waals surface area (Å²) in [6.45, 7) is 4.33. The number of carbonyl (C=O) groups is 1. The maximum absolute atomic E-state index is 11.4. The number of aromatic nitrogens is 3. The van der Waals surface area contributed by atoms with Gasteiger partial charge in [0, 0.05) is 6.04 Å². The molecule has 0 aliphatic carbocycles. The monoisotopic (exact) mass is 275 g/mol. The Morgan fingerprint density at radius 1 is 1.50 bits per heavy atom. The van der Waals surface area contributed by atoms with Crippen molar-refractivity contribution in [2.45, 2.75) is 26.5 Å². The molecule has 7 heteroatoms. The van der Waals surface area contributed by atoms with Crippen molar-refractivity contribution in [3.05, 3.63) is 42.0 Å². The molecule has 0 bridgehead atoms. The van der Waals surface area contributed by atoms with Gasteiger partial charge in [-0.25, -0.2) is 10.8 Å². The zero-order chi connectivity index (χ0) is 14.5. The zero-order valence-electron chi connectivity index (χ0n) is 11.4. The third kappa shape index (κ3) is 3.33. The molecule has 7 nitrogen and oxygen atoms in total. The van der Waals surface area contributed by atoms with E-state index in [2.05, 4.69) is 10.1 Å². The lowest BCUT2D eigenvalue weighted by molar-refractivity contribution is 0.0948. The predicted octanol–water partition coefficient (Wildman–Crippen LogP) is 1.04. The maximum atomic E-state index is 11.4. The number of nitrogen functional groups attached to an aromatic ring is 1.